The van der Waals surface area contributed by atoms with Crippen molar-refractivity contribution in [2.45, 2.75) is 24.7 Å². The molecule has 0 bridgehead atoms. The standard InChI is InChI=1S/C14H19NO3S/c1-10-9-12(19-14(17)15(2)3)7-5-11(10)6-8-13(16)18-4/h5,7,9H,6,8H2,1-4H3. The number of carbonyl (C=O) groups excluding carboxylic acids is 2. The molecule has 1 rings (SSSR count). The topological polar surface area (TPSA) is 46.6 Å². The minimum Gasteiger partial charge on any atom is -0.469 e. The van der Waals surface area contributed by atoms with Crippen molar-refractivity contribution < 1.29 is 14.3 Å². The molecule has 0 aliphatic rings. The van der Waals surface area contributed by atoms with Gasteiger partial charge in [-0.25, -0.2) is 0 Å². The van der Waals surface area contributed by atoms with E-state index in [0.29, 0.717) is 12.8 Å². The molecule has 104 valence electrons. The molecule has 0 spiro atoms. The van der Waals surface area contributed by atoms with Crippen LogP contribution in [0.4, 0.5) is 4.79 Å². The molecule has 1 amide bonds. The highest BCUT2D eigenvalue weighted by molar-refractivity contribution is 8.13. The molecule has 0 radical (unpaired) electrons. The quantitative estimate of drug-likeness (QED) is 0.629. The summed E-state index contributed by atoms with van der Waals surface area (Å²) in [6.45, 7) is 1.98. The van der Waals surface area contributed by atoms with Crippen LogP contribution in [0.15, 0.2) is 23.1 Å². The molecule has 4 nitrogen and oxygen atoms in total. The maximum absolute atomic E-state index is 11.6. The van der Waals surface area contributed by atoms with E-state index in [4.69, 9.17) is 0 Å². The molecule has 0 aliphatic heterocycles. The van der Waals surface area contributed by atoms with Crippen molar-refractivity contribution in [1.82, 2.24) is 4.90 Å². The molecule has 0 heterocycles. The first-order valence-electron chi connectivity index (χ1n) is 5.99. The number of methoxy groups -OCH3 is 1. The van der Waals surface area contributed by atoms with Gasteiger partial charge in [0.15, 0.2) is 0 Å². The maximum Gasteiger partial charge on any atom is 0.305 e. The number of nitrogens with zero attached hydrogens (tertiary/aromatic N) is 1. The van der Waals surface area contributed by atoms with Crippen molar-refractivity contribution in [1.29, 1.82) is 0 Å². The van der Waals surface area contributed by atoms with Crippen molar-refractivity contribution in [3.05, 3.63) is 29.3 Å². The van der Waals surface area contributed by atoms with Crippen molar-refractivity contribution in [2.24, 2.45) is 0 Å². The zero-order valence-corrected chi connectivity index (χ0v) is 12.5. The molecule has 19 heavy (non-hydrogen) atoms. The zero-order valence-electron chi connectivity index (χ0n) is 11.7. The van der Waals surface area contributed by atoms with Crippen molar-refractivity contribution in [3.8, 4) is 0 Å². The van der Waals surface area contributed by atoms with E-state index in [1.54, 1.807) is 19.0 Å². The molecular formula is C14H19NO3S. The number of amides is 1. The largest absolute Gasteiger partial charge is 0.469 e. The number of aryl methyl sites for hydroxylation is 2. The van der Waals surface area contributed by atoms with Gasteiger partial charge < -0.3 is 9.64 Å². The molecule has 0 fully saturated rings. The fourth-order valence-electron chi connectivity index (χ4n) is 1.54. The van der Waals surface area contributed by atoms with Crippen LogP contribution in [0.5, 0.6) is 0 Å². The van der Waals surface area contributed by atoms with Crippen LogP contribution in [-0.2, 0) is 16.0 Å². The Morgan fingerprint density at radius 2 is 2.00 bits per heavy atom. The van der Waals surface area contributed by atoms with E-state index in [0.717, 1.165) is 16.0 Å². The molecule has 0 aliphatic carbocycles. The number of esters is 1. The fourth-order valence-corrected chi connectivity index (χ4v) is 2.30. The lowest BCUT2D eigenvalue weighted by atomic mass is 10.0. The van der Waals surface area contributed by atoms with E-state index in [1.807, 2.05) is 25.1 Å². The van der Waals surface area contributed by atoms with E-state index in [9.17, 15) is 9.59 Å². The monoisotopic (exact) mass is 281 g/mol. The summed E-state index contributed by atoms with van der Waals surface area (Å²) in [5.74, 6) is -0.208. The summed E-state index contributed by atoms with van der Waals surface area (Å²) in [5.41, 5.74) is 2.19. The van der Waals surface area contributed by atoms with Crippen molar-refractivity contribution in [3.63, 3.8) is 0 Å². The van der Waals surface area contributed by atoms with Crippen LogP contribution in [-0.4, -0.2) is 37.3 Å². The minimum atomic E-state index is -0.208. The molecule has 0 saturated carbocycles. The average molecular weight is 281 g/mol. The Hall–Kier alpha value is -1.49. The normalized spacial score (nSPS) is 10.1. The highest BCUT2D eigenvalue weighted by Gasteiger charge is 2.09. The van der Waals surface area contributed by atoms with E-state index < -0.39 is 0 Å². The van der Waals surface area contributed by atoms with Gasteiger partial charge in [-0.3, -0.25) is 9.59 Å². The van der Waals surface area contributed by atoms with Gasteiger partial charge in [-0.2, -0.15) is 0 Å². The van der Waals surface area contributed by atoms with Crippen LogP contribution in [0, 0.1) is 6.92 Å². The molecule has 0 atom stereocenters. The van der Waals surface area contributed by atoms with Gasteiger partial charge in [-0.1, -0.05) is 6.07 Å². The number of thioether (sulfide) groups is 1. The Morgan fingerprint density at radius 3 is 2.53 bits per heavy atom. The zero-order chi connectivity index (χ0) is 14.4. The number of benzene rings is 1. The Bertz CT molecular complexity index is 472. The van der Waals surface area contributed by atoms with Gasteiger partial charge in [0.2, 0.25) is 0 Å². The molecular weight excluding hydrogens is 262 g/mol. The van der Waals surface area contributed by atoms with Gasteiger partial charge in [0.25, 0.3) is 5.24 Å². The van der Waals surface area contributed by atoms with E-state index >= 15 is 0 Å². The Balaban J connectivity index is 2.69. The van der Waals surface area contributed by atoms with Gasteiger partial charge in [-0.05, 0) is 48.4 Å². The minimum absolute atomic E-state index is 0.00158. The molecule has 0 aromatic heterocycles. The van der Waals surface area contributed by atoms with Gasteiger partial charge >= 0.3 is 5.97 Å². The smallest absolute Gasteiger partial charge is 0.305 e. The van der Waals surface area contributed by atoms with Crippen LogP contribution < -0.4 is 0 Å². The Labute approximate surface area is 118 Å². The number of carbonyl (C=O) groups is 2. The van der Waals surface area contributed by atoms with Gasteiger partial charge in [0, 0.05) is 25.4 Å². The van der Waals surface area contributed by atoms with Crippen LogP contribution in [0.25, 0.3) is 0 Å². The Kier molecular flexibility index (Phi) is 5.89. The highest BCUT2D eigenvalue weighted by atomic mass is 32.2. The van der Waals surface area contributed by atoms with Gasteiger partial charge in [-0.15, -0.1) is 0 Å². The predicted octanol–water partition coefficient (Wildman–Crippen LogP) is 2.87. The van der Waals surface area contributed by atoms with E-state index in [2.05, 4.69) is 4.74 Å². The summed E-state index contributed by atoms with van der Waals surface area (Å²) in [6, 6.07) is 5.84. The molecule has 0 saturated heterocycles. The summed E-state index contributed by atoms with van der Waals surface area (Å²) in [5, 5.41) is 0.00158. The number of hydrogen-bond donors (Lipinski definition) is 0. The van der Waals surface area contributed by atoms with Gasteiger partial charge in [0.1, 0.15) is 0 Å². The first kappa shape index (κ1) is 15.6. The van der Waals surface area contributed by atoms with Crippen molar-refractivity contribution >= 4 is 23.0 Å². The van der Waals surface area contributed by atoms with Crippen molar-refractivity contribution in [2.75, 3.05) is 21.2 Å². The number of hydrogen-bond acceptors (Lipinski definition) is 4. The SMILES string of the molecule is COC(=O)CCc1ccc(SC(=O)N(C)C)cc1C. The second-order valence-corrected chi connectivity index (χ2v) is 5.45. The predicted molar refractivity (Wildman–Crippen MR) is 76.5 cm³/mol. The fraction of sp³-hybridized carbons (Fsp3) is 0.429. The average Bonchev–Trinajstić information content (AvgIpc) is 2.37. The Morgan fingerprint density at radius 1 is 1.32 bits per heavy atom. The summed E-state index contributed by atoms with van der Waals surface area (Å²) in [6.07, 6.45) is 1.03. The second kappa shape index (κ2) is 7.19. The first-order chi connectivity index (χ1) is 8.93. The lowest BCUT2D eigenvalue weighted by Crippen LogP contribution is -2.16. The van der Waals surface area contributed by atoms with Crippen LogP contribution in [0.1, 0.15) is 17.5 Å². The van der Waals surface area contributed by atoms with E-state index in [-0.39, 0.29) is 11.2 Å². The molecule has 1 aromatic rings. The van der Waals surface area contributed by atoms with E-state index in [1.165, 1.54) is 18.9 Å². The van der Waals surface area contributed by atoms with Gasteiger partial charge in [0.05, 0.1) is 7.11 Å². The molecule has 5 heteroatoms. The lowest BCUT2D eigenvalue weighted by Gasteiger charge is -2.11. The van der Waals surface area contributed by atoms with Crippen LogP contribution >= 0.6 is 11.8 Å². The van der Waals surface area contributed by atoms with Crippen LogP contribution in [0.3, 0.4) is 0 Å². The second-order valence-electron chi connectivity index (χ2n) is 4.43. The third-order valence-electron chi connectivity index (χ3n) is 2.71. The highest BCUT2D eigenvalue weighted by Crippen LogP contribution is 2.24. The number of rotatable bonds is 4. The molecule has 1 aromatic carbocycles. The first-order valence-corrected chi connectivity index (χ1v) is 6.81. The lowest BCUT2D eigenvalue weighted by molar-refractivity contribution is -0.140. The number of ether oxygens (including phenoxy) is 1. The third kappa shape index (κ3) is 4.95. The maximum atomic E-state index is 11.6. The van der Waals surface area contributed by atoms with Crippen LogP contribution in [0.2, 0.25) is 0 Å². The summed E-state index contributed by atoms with van der Waals surface area (Å²) >= 11 is 1.20. The summed E-state index contributed by atoms with van der Waals surface area (Å²) in [4.78, 5) is 25.2. The summed E-state index contributed by atoms with van der Waals surface area (Å²) in [7, 11) is 4.85. The summed E-state index contributed by atoms with van der Waals surface area (Å²) < 4.78 is 4.62. The third-order valence-corrected chi connectivity index (χ3v) is 3.74. The molecule has 0 unspecified atom stereocenters. The molecule has 0 N–H and O–H groups in total.